The molecule has 0 fully saturated rings. The van der Waals surface area contributed by atoms with Gasteiger partial charge in [-0.3, -0.25) is 14.4 Å². The normalized spacial score (nSPS) is 13.2. The number of rotatable bonds is 53. The zero-order chi connectivity index (χ0) is 54.3. The fourth-order valence-corrected chi connectivity index (χ4v) is 7.89. The molecule has 0 N–H and O–H groups in total. The van der Waals surface area contributed by atoms with Crippen LogP contribution in [0, 0.1) is 0 Å². The van der Waals surface area contributed by atoms with Gasteiger partial charge in [-0.05, 0) is 135 Å². The van der Waals surface area contributed by atoms with E-state index in [1.807, 2.05) is 0 Å². The smallest absolute Gasteiger partial charge is 0.306 e. The first-order chi connectivity index (χ1) is 37.0. The highest BCUT2D eigenvalue weighted by molar-refractivity contribution is 5.71. The van der Waals surface area contributed by atoms with Crippen molar-refractivity contribution in [2.75, 3.05) is 13.2 Å². The molecule has 0 amide bonds. The van der Waals surface area contributed by atoms with Crippen LogP contribution in [0.1, 0.15) is 252 Å². The van der Waals surface area contributed by atoms with E-state index in [0.717, 1.165) is 141 Å². The standard InChI is InChI=1S/C69H110O6/c1-4-7-10-13-16-19-22-25-28-30-31-32-33-34-35-36-37-39-41-44-47-50-53-56-59-62-68(71)74-65-66(64-73-67(70)61-58-55-52-49-46-43-40-27-24-21-18-15-12-9-6-3)75-69(72)63-60-57-54-51-48-45-42-38-29-26-23-20-17-14-11-8-5-2/h7-12,16-21,25-29,31-32,40,42,45-46,49,66H,4-6,13-15,22-24,30,33-39,41,43-44,47-48,50-65H2,1-3H3/b10-7-,11-8-,12-9-,19-16-,20-17-,21-18-,28-25-,29-26-,32-31-,40-27-,45-42-,49-46-. The van der Waals surface area contributed by atoms with Gasteiger partial charge in [0.1, 0.15) is 13.2 Å². The number of carbonyl (C=O) groups excluding carboxylic acids is 3. The molecule has 6 nitrogen and oxygen atoms in total. The van der Waals surface area contributed by atoms with Gasteiger partial charge in [-0.1, -0.05) is 244 Å². The molecule has 0 aliphatic carbocycles. The molecule has 0 aliphatic rings. The maximum Gasteiger partial charge on any atom is 0.306 e. The van der Waals surface area contributed by atoms with Gasteiger partial charge in [0, 0.05) is 19.3 Å². The van der Waals surface area contributed by atoms with E-state index in [2.05, 4.69) is 167 Å². The SMILES string of the molecule is CC/C=C\C/C=C\C/C=C\C/C=C\CCCCCCCCCCCCCCC(=O)OCC(COC(=O)CCCC/C=C\C/C=C\C/C=C\C/C=C\CC)OC(=O)CCCCCC/C=C\C/C=C\C/C=C\C/C=C\CC. The monoisotopic (exact) mass is 1030 g/mol. The average Bonchev–Trinajstić information content (AvgIpc) is 3.41. The zero-order valence-corrected chi connectivity index (χ0v) is 48.3. The van der Waals surface area contributed by atoms with Crippen molar-refractivity contribution in [2.45, 2.75) is 258 Å². The Kier molecular flexibility index (Phi) is 58.0. The van der Waals surface area contributed by atoms with E-state index in [-0.39, 0.29) is 37.5 Å². The van der Waals surface area contributed by atoms with Crippen LogP contribution in [0.25, 0.3) is 0 Å². The summed E-state index contributed by atoms with van der Waals surface area (Å²) in [4.78, 5) is 38.2. The molecule has 1 unspecified atom stereocenters. The lowest BCUT2D eigenvalue weighted by Gasteiger charge is -2.18. The maximum absolute atomic E-state index is 12.9. The Balaban J connectivity index is 4.43. The summed E-state index contributed by atoms with van der Waals surface area (Å²) in [6.07, 6.45) is 88.5. The number of hydrogen-bond acceptors (Lipinski definition) is 6. The lowest BCUT2D eigenvalue weighted by molar-refractivity contribution is -0.167. The van der Waals surface area contributed by atoms with Gasteiger partial charge >= 0.3 is 17.9 Å². The van der Waals surface area contributed by atoms with Crippen molar-refractivity contribution in [3.05, 3.63) is 146 Å². The van der Waals surface area contributed by atoms with Crippen molar-refractivity contribution < 1.29 is 28.6 Å². The summed E-state index contributed by atoms with van der Waals surface area (Å²) in [5.74, 6) is -0.979. The van der Waals surface area contributed by atoms with Gasteiger partial charge in [-0.25, -0.2) is 0 Å². The Morgan fingerprint density at radius 1 is 0.267 bits per heavy atom. The third-order valence-corrected chi connectivity index (χ3v) is 12.3. The summed E-state index contributed by atoms with van der Waals surface area (Å²) < 4.78 is 16.8. The van der Waals surface area contributed by atoms with Gasteiger partial charge in [-0.15, -0.1) is 0 Å². The van der Waals surface area contributed by atoms with Crippen molar-refractivity contribution in [2.24, 2.45) is 0 Å². The first-order valence-corrected chi connectivity index (χ1v) is 30.3. The van der Waals surface area contributed by atoms with E-state index >= 15 is 0 Å². The fraction of sp³-hybridized carbons (Fsp3) is 0.609. The number of allylic oxidation sites excluding steroid dienone is 24. The average molecular weight is 1040 g/mol. The predicted molar refractivity (Wildman–Crippen MR) is 325 cm³/mol. The molecule has 0 saturated carbocycles. The zero-order valence-electron chi connectivity index (χ0n) is 48.3. The van der Waals surface area contributed by atoms with E-state index in [1.165, 1.54) is 64.2 Å². The lowest BCUT2D eigenvalue weighted by Crippen LogP contribution is -2.30. The van der Waals surface area contributed by atoms with E-state index in [9.17, 15) is 14.4 Å². The predicted octanol–water partition coefficient (Wildman–Crippen LogP) is 20.8. The highest BCUT2D eigenvalue weighted by Gasteiger charge is 2.19. The Labute approximate surface area is 461 Å². The van der Waals surface area contributed by atoms with Crippen LogP contribution < -0.4 is 0 Å². The van der Waals surface area contributed by atoms with Crippen LogP contribution >= 0.6 is 0 Å². The third-order valence-electron chi connectivity index (χ3n) is 12.3. The second-order valence-electron chi connectivity index (χ2n) is 19.5. The molecule has 0 radical (unpaired) electrons. The van der Waals surface area contributed by atoms with Crippen molar-refractivity contribution in [1.82, 2.24) is 0 Å². The van der Waals surface area contributed by atoms with Gasteiger partial charge in [-0.2, -0.15) is 0 Å². The van der Waals surface area contributed by atoms with E-state index in [0.29, 0.717) is 19.3 Å². The van der Waals surface area contributed by atoms with Crippen LogP contribution in [-0.2, 0) is 28.6 Å². The van der Waals surface area contributed by atoms with Crippen LogP contribution in [0.2, 0.25) is 0 Å². The Morgan fingerprint density at radius 3 is 0.773 bits per heavy atom. The van der Waals surface area contributed by atoms with Gasteiger partial charge < -0.3 is 14.2 Å². The molecule has 0 aromatic heterocycles. The number of carbonyl (C=O) groups is 3. The van der Waals surface area contributed by atoms with Gasteiger partial charge in [0.15, 0.2) is 6.10 Å². The molecule has 0 aliphatic heterocycles. The second-order valence-corrected chi connectivity index (χ2v) is 19.5. The van der Waals surface area contributed by atoms with Crippen LogP contribution in [0.15, 0.2) is 146 Å². The molecule has 75 heavy (non-hydrogen) atoms. The van der Waals surface area contributed by atoms with Crippen molar-refractivity contribution in [1.29, 1.82) is 0 Å². The molecular weight excluding hydrogens is 925 g/mol. The highest BCUT2D eigenvalue weighted by atomic mass is 16.6. The second kappa shape index (κ2) is 61.8. The largest absolute Gasteiger partial charge is 0.462 e. The van der Waals surface area contributed by atoms with E-state index in [4.69, 9.17) is 14.2 Å². The molecule has 0 spiro atoms. The Bertz CT molecular complexity index is 1660. The first-order valence-electron chi connectivity index (χ1n) is 30.3. The van der Waals surface area contributed by atoms with E-state index in [1.54, 1.807) is 0 Å². The van der Waals surface area contributed by atoms with Crippen LogP contribution in [0.4, 0.5) is 0 Å². The molecule has 422 valence electrons. The minimum atomic E-state index is -0.816. The van der Waals surface area contributed by atoms with Gasteiger partial charge in [0.25, 0.3) is 0 Å². The van der Waals surface area contributed by atoms with E-state index < -0.39 is 6.10 Å². The first kappa shape index (κ1) is 70.3. The topological polar surface area (TPSA) is 78.9 Å². The number of ether oxygens (including phenoxy) is 3. The summed E-state index contributed by atoms with van der Waals surface area (Å²) in [5.41, 5.74) is 0. The summed E-state index contributed by atoms with van der Waals surface area (Å²) in [7, 11) is 0. The molecule has 0 aromatic rings. The van der Waals surface area contributed by atoms with Crippen LogP contribution in [0.3, 0.4) is 0 Å². The van der Waals surface area contributed by atoms with Crippen LogP contribution in [0.5, 0.6) is 0 Å². The molecule has 1 atom stereocenters. The molecule has 0 bridgehead atoms. The van der Waals surface area contributed by atoms with Gasteiger partial charge in [0.05, 0.1) is 0 Å². The van der Waals surface area contributed by atoms with Crippen LogP contribution in [-0.4, -0.2) is 37.2 Å². The van der Waals surface area contributed by atoms with Gasteiger partial charge in [0.2, 0.25) is 0 Å². The molecular formula is C69H110O6. The quantitative estimate of drug-likeness (QED) is 0.0261. The molecule has 0 aromatic carbocycles. The van der Waals surface area contributed by atoms with Crippen molar-refractivity contribution in [3.8, 4) is 0 Å². The minimum absolute atomic E-state index is 0.107. The Morgan fingerprint density at radius 2 is 0.480 bits per heavy atom. The number of unbranched alkanes of at least 4 members (excludes halogenated alkanes) is 18. The third kappa shape index (κ3) is 60.0. The number of hydrogen-bond donors (Lipinski definition) is 0. The maximum atomic E-state index is 12.9. The highest BCUT2D eigenvalue weighted by Crippen LogP contribution is 2.15. The summed E-state index contributed by atoms with van der Waals surface area (Å²) in [6, 6.07) is 0. The molecule has 0 saturated heterocycles. The minimum Gasteiger partial charge on any atom is -0.462 e. The summed E-state index contributed by atoms with van der Waals surface area (Å²) in [5, 5.41) is 0. The van der Waals surface area contributed by atoms with Crippen molar-refractivity contribution >= 4 is 17.9 Å². The molecule has 0 heterocycles. The lowest BCUT2D eigenvalue weighted by atomic mass is 10.0. The number of esters is 3. The summed E-state index contributed by atoms with van der Waals surface area (Å²) >= 11 is 0. The Hall–Kier alpha value is -4.71. The van der Waals surface area contributed by atoms with Crippen molar-refractivity contribution in [3.63, 3.8) is 0 Å². The fourth-order valence-electron chi connectivity index (χ4n) is 7.89. The molecule has 6 heteroatoms. The molecule has 0 rings (SSSR count). The summed E-state index contributed by atoms with van der Waals surface area (Å²) in [6.45, 7) is 6.24.